The van der Waals surface area contributed by atoms with Gasteiger partial charge in [0.2, 0.25) is 0 Å². The molecule has 1 N–H and O–H groups in total. The van der Waals surface area contributed by atoms with Crippen molar-refractivity contribution in [3.8, 4) is 0 Å². The van der Waals surface area contributed by atoms with E-state index in [0.29, 0.717) is 12.5 Å². The summed E-state index contributed by atoms with van der Waals surface area (Å²) in [6.07, 6.45) is 9.10. The Bertz CT molecular complexity index is 134. The van der Waals surface area contributed by atoms with Crippen LogP contribution in [0, 0.1) is 11.3 Å². The quantitative estimate of drug-likeness (QED) is 0.667. The molecule has 1 heteroatoms. The molecule has 78 valence electrons. The first-order valence-electron chi connectivity index (χ1n) is 5.86. The van der Waals surface area contributed by atoms with Gasteiger partial charge in [-0.2, -0.15) is 0 Å². The first-order valence-corrected chi connectivity index (χ1v) is 5.86. The molecule has 1 saturated carbocycles. The van der Waals surface area contributed by atoms with Crippen molar-refractivity contribution in [2.75, 3.05) is 6.61 Å². The van der Waals surface area contributed by atoms with Gasteiger partial charge in [-0.25, -0.2) is 0 Å². The van der Waals surface area contributed by atoms with Crippen LogP contribution in [-0.4, -0.2) is 11.7 Å². The molecule has 1 fully saturated rings. The van der Waals surface area contributed by atoms with E-state index in [2.05, 4.69) is 13.8 Å². The average Bonchev–Trinajstić information content (AvgIpc) is 2.42. The third-order valence-electron chi connectivity index (χ3n) is 4.07. The summed E-state index contributed by atoms with van der Waals surface area (Å²) < 4.78 is 0. The molecule has 0 amide bonds. The summed E-state index contributed by atoms with van der Waals surface area (Å²) >= 11 is 0. The summed E-state index contributed by atoms with van der Waals surface area (Å²) in [5, 5.41) is 9.57. The molecular formula is C12H24O. The SMILES string of the molecule is CCC(C)C1(CO)CCCCCC1. The van der Waals surface area contributed by atoms with Crippen LogP contribution in [0.5, 0.6) is 0 Å². The standard InChI is InChI=1S/C12H24O/c1-3-11(2)12(10-13)8-6-4-5-7-9-12/h11,13H,3-10H2,1-2H3. The molecular weight excluding hydrogens is 160 g/mol. The maximum Gasteiger partial charge on any atom is 0.0489 e. The molecule has 1 atom stereocenters. The van der Waals surface area contributed by atoms with Crippen molar-refractivity contribution in [1.82, 2.24) is 0 Å². The van der Waals surface area contributed by atoms with Crippen molar-refractivity contribution in [3.05, 3.63) is 0 Å². The molecule has 0 bridgehead atoms. The van der Waals surface area contributed by atoms with Gasteiger partial charge in [0.25, 0.3) is 0 Å². The Hall–Kier alpha value is -0.0400. The molecule has 0 heterocycles. The van der Waals surface area contributed by atoms with Gasteiger partial charge in [-0.05, 0) is 24.2 Å². The van der Waals surface area contributed by atoms with Crippen molar-refractivity contribution < 1.29 is 5.11 Å². The van der Waals surface area contributed by atoms with E-state index >= 15 is 0 Å². The van der Waals surface area contributed by atoms with Crippen molar-refractivity contribution in [1.29, 1.82) is 0 Å². The minimum atomic E-state index is 0.269. The molecule has 13 heavy (non-hydrogen) atoms. The maximum atomic E-state index is 9.57. The number of aliphatic hydroxyl groups excluding tert-OH is 1. The van der Waals surface area contributed by atoms with E-state index in [1.807, 2.05) is 0 Å². The van der Waals surface area contributed by atoms with E-state index in [-0.39, 0.29) is 5.41 Å². The van der Waals surface area contributed by atoms with Crippen molar-refractivity contribution in [3.63, 3.8) is 0 Å². The van der Waals surface area contributed by atoms with Gasteiger partial charge in [0.1, 0.15) is 0 Å². The van der Waals surface area contributed by atoms with E-state index < -0.39 is 0 Å². The fraction of sp³-hybridized carbons (Fsp3) is 1.00. The minimum absolute atomic E-state index is 0.269. The first kappa shape index (κ1) is 11.0. The molecule has 1 unspecified atom stereocenters. The van der Waals surface area contributed by atoms with E-state index in [4.69, 9.17) is 0 Å². The fourth-order valence-corrected chi connectivity index (χ4v) is 2.67. The topological polar surface area (TPSA) is 20.2 Å². The molecule has 1 rings (SSSR count). The molecule has 1 nitrogen and oxygen atoms in total. The smallest absolute Gasteiger partial charge is 0.0489 e. The molecule has 0 radical (unpaired) electrons. The van der Waals surface area contributed by atoms with Gasteiger partial charge in [0.05, 0.1) is 0 Å². The lowest BCUT2D eigenvalue weighted by Gasteiger charge is -2.36. The molecule has 0 aromatic rings. The van der Waals surface area contributed by atoms with Crippen molar-refractivity contribution in [2.45, 2.75) is 58.8 Å². The van der Waals surface area contributed by atoms with E-state index in [1.165, 1.54) is 44.9 Å². The van der Waals surface area contributed by atoms with Crippen LogP contribution in [0.15, 0.2) is 0 Å². The van der Waals surface area contributed by atoms with E-state index in [0.717, 1.165) is 0 Å². The zero-order valence-electron chi connectivity index (χ0n) is 9.18. The monoisotopic (exact) mass is 184 g/mol. The molecule has 0 spiro atoms. The maximum absolute atomic E-state index is 9.57. The highest BCUT2D eigenvalue weighted by Crippen LogP contribution is 2.42. The van der Waals surface area contributed by atoms with E-state index in [9.17, 15) is 5.11 Å². The summed E-state index contributed by atoms with van der Waals surface area (Å²) in [6, 6.07) is 0. The van der Waals surface area contributed by atoms with Crippen LogP contribution in [0.3, 0.4) is 0 Å². The Morgan fingerprint density at radius 3 is 2.08 bits per heavy atom. The van der Waals surface area contributed by atoms with Crippen LogP contribution in [0.4, 0.5) is 0 Å². The van der Waals surface area contributed by atoms with Crippen molar-refractivity contribution in [2.24, 2.45) is 11.3 Å². The largest absolute Gasteiger partial charge is 0.396 e. The highest BCUT2D eigenvalue weighted by molar-refractivity contribution is 4.85. The Morgan fingerprint density at radius 2 is 1.69 bits per heavy atom. The van der Waals surface area contributed by atoms with Crippen LogP contribution in [0.1, 0.15) is 58.8 Å². The molecule has 1 aliphatic carbocycles. The number of aliphatic hydroxyl groups is 1. The van der Waals surface area contributed by atoms with Gasteiger partial charge in [0, 0.05) is 6.61 Å². The van der Waals surface area contributed by atoms with E-state index in [1.54, 1.807) is 0 Å². The van der Waals surface area contributed by atoms with Crippen molar-refractivity contribution >= 4 is 0 Å². The summed E-state index contributed by atoms with van der Waals surface area (Å²) in [7, 11) is 0. The third kappa shape index (κ3) is 2.46. The summed E-state index contributed by atoms with van der Waals surface area (Å²) in [4.78, 5) is 0. The molecule has 0 aromatic heterocycles. The highest BCUT2D eigenvalue weighted by Gasteiger charge is 2.34. The summed E-state index contributed by atoms with van der Waals surface area (Å²) in [5.74, 6) is 0.690. The number of hydrogen-bond donors (Lipinski definition) is 1. The number of rotatable bonds is 3. The van der Waals surface area contributed by atoms with Gasteiger partial charge in [-0.3, -0.25) is 0 Å². The lowest BCUT2D eigenvalue weighted by atomic mass is 9.70. The Morgan fingerprint density at radius 1 is 1.15 bits per heavy atom. The minimum Gasteiger partial charge on any atom is -0.396 e. The number of hydrogen-bond acceptors (Lipinski definition) is 1. The second kappa shape index (κ2) is 4.99. The van der Waals surface area contributed by atoms with Gasteiger partial charge in [-0.1, -0.05) is 46.0 Å². The van der Waals surface area contributed by atoms with Crippen LogP contribution in [0.2, 0.25) is 0 Å². The zero-order valence-corrected chi connectivity index (χ0v) is 9.18. The van der Waals surface area contributed by atoms with Gasteiger partial charge >= 0.3 is 0 Å². The Labute approximate surface area is 82.5 Å². The van der Waals surface area contributed by atoms with Crippen LogP contribution in [0.25, 0.3) is 0 Å². The van der Waals surface area contributed by atoms with Gasteiger partial charge < -0.3 is 5.11 Å². The third-order valence-corrected chi connectivity index (χ3v) is 4.07. The predicted octanol–water partition coefficient (Wildman–Crippen LogP) is 3.37. The lowest BCUT2D eigenvalue weighted by molar-refractivity contribution is 0.0502. The Balaban J connectivity index is 2.64. The fourth-order valence-electron chi connectivity index (χ4n) is 2.67. The summed E-state index contributed by atoms with van der Waals surface area (Å²) in [6.45, 7) is 4.95. The van der Waals surface area contributed by atoms with Crippen LogP contribution in [-0.2, 0) is 0 Å². The highest BCUT2D eigenvalue weighted by atomic mass is 16.3. The average molecular weight is 184 g/mol. The zero-order chi connectivity index (χ0) is 9.73. The Kier molecular flexibility index (Phi) is 4.24. The van der Waals surface area contributed by atoms with Crippen LogP contribution >= 0.6 is 0 Å². The second-order valence-corrected chi connectivity index (χ2v) is 4.74. The molecule has 1 aliphatic rings. The van der Waals surface area contributed by atoms with Gasteiger partial charge in [0.15, 0.2) is 0 Å². The molecule has 0 aromatic carbocycles. The first-order chi connectivity index (χ1) is 6.25. The van der Waals surface area contributed by atoms with Crippen LogP contribution < -0.4 is 0 Å². The lowest BCUT2D eigenvalue weighted by Crippen LogP contribution is -2.32. The van der Waals surface area contributed by atoms with Gasteiger partial charge in [-0.15, -0.1) is 0 Å². The summed E-state index contributed by atoms with van der Waals surface area (Å²) in [5.41, 5.74) is 0.269. The normalized spacial score (nSPS) is 25.2. The second-order valence-electron chi connectivity index (χ2n) is 4.74. The predicted molar refractivity (Wildman–Crippen MR) is 56.7 cm³/mol. The molecule has 0 aliphatic heterocycles. The molecule has 0 saturated heterocycles.